The molecule has 0 saturated heterocycles. The van der Waals surface area contributed by atoms with Gasteiger partial charge in [-0.2, -0.15) is 0 Å². The molecule has 0 aliphatic rings. The van der Waals surface area contributed by atoms with E-state index in [1.807, 2.05) is 6.07 Å². The maximum absolute atomic E-state index is 12.4. The van der Waals surface area contributed by atoms with Crippen molar-refractivity contribution in [2.75, 3.05) is 17.7 Å². The highest BCUT2D eigenvalue weighted by Gasteiger charge is 2.26. The maximum Gasteiger partial charge on any atom is 0.359 e. The lowest BCUT2D eigenvalue weighted by atomic mass is 10.2. The van der Waals surface area contributed by atoms with E-state index in [0.29, 0.717) is 5.69 Å². The molecular weight excluding hydrogens is 389 g/mol. The Labute approximate surface area is 159 Å². The Morgan fingerprint density at radius 1 is 1.16 bits per heavy atom. The lowest BCUT2D eigenvalue weighted by Gasteiger charge is -2.21. The topological polar surface area (TPSA) is 85.5 Å². The molecule has 0 unspecified atom stereocenters. The Balaban J connectivity index is 2.17. The number of nitrogen functional groups attached to an aromatic ring is 1. The molecule has 1 aromatic carbocycles. The Morgan fingerprint density at radius 2 is 1.76 bits per heavy atom. The molecule has 1 aromatic heterocycles. The third kappa shape index (κ3) is 4.15. The van der Waals surface area contributed by atoms with E-state index in [-0.39, 0.29) is 26.6 Å². The zero-order valence-electron chi connectivity index (χ0n) is 13.3. The quantitative estimate of drug-likeness (QED) is 0.620. The summed E-state index contributed by atoms with van der Waals surface area (Å²) in [5, 5.41) is -0.428. The summed E-state index contributed by atoms with van der Waals surface area (Å²) in [4.78, 5) is 29.8. The molecule has 2 aromatic rings. The number of amides is 1. The van der Waals surface area contributed by atoms with Crippen molar-refractivity contribution in [3.05, 3.63) is 51.2 Å². The van der Waals surface area contributed by atoms with E-state index < -0.39 is 18.0 Å². The van der Waals surface area contributed by atoms with Gasteiger partial charge in [0.15, 0.2) is 17.0 Å². The summed E-state index contributed by atoms with van der Waals surface area (Å²) >= 11 is 17.6. The van der Waals surface area contributed by atoms with E-state index in [9.17, 15) is 9.59 Å². The molecule has 132 valence electrons. The van der Waals surface area contributed by atoms with Crippen LogP contribution in [-0.4, -0.2) is 30.0 Å². The molecule has 25 heavy (non-hydrogen) atoms. The normalized spacial score (nSPS) is 11.7. The van der Waals surface area contributed by atoms with E-state index >= 15 is 0 Å². The molecule has 0 aliphatic heterocycles. The predicted octanol–water partition coefficient (Wildman–Crippen LogP) is 3.83. The molecule has 0 aliphatic carbocycles. The van der Waals surface area contributed by atoms with Crippen molar-refractivity contribution in [1.82, 2.24) is 4.98 Å². The van der Waals surface area contributed by atoms with E-state index in [4.69, 9.17) is 45.3 Å². The monoisotopic (exact) mass is 401 g/mol. The van der Waals surface area contributed by atoms with E-state index in [2.05, 4.69) is 4.98 Å². The number of hydrogen-bond donors (Lipinski definition) is 1. The number of aromatic nitrogens is 1. The highest BCUT2D eigenvalue weighted by atomic mass is 35.5. The number of halogens is 3. The number of nitrogens with two attached hydrogens (primary N) is 1. The molecule has 0 bridgehead atoms. The molecular formula is C16H14Cl3N3O3. The number of benzene rings is 1. The van der Waals surface area contributed by atoms with Crippen LogP contribution in [0.3, 0.4) is 0 Å². The Hall–Kier alpha value is -2.02. The predicted molar refractivity (Wildman–Crippen MR) is 98.4 cm³/mol. The van der Waals surface area contributed by atoms with Crippen LogP contribution in [0, 0.1) is 0 Å². The van der Waals surface area contributed by atoms with Gasteiger partial charge in [0.25, 0.3) is 5.91 Å². The Kier molecular flexibility index (Phi) is 6.11. The molecule has 1 amide bonds. The molecule has 0 saturated carbocycles. The zero-order valence-corrected chi connectivity index (χ0v) is 15.6. The van der Waals surface area contributed by atoms with E-state index in [1.54, 1.807) is 31.3 Å². The van der Waals surface area contributed by atoms with Crippen molar-refractivity contribution in [2.45, 2.75) is 13.0 Å². The second kappa shape index (κ2) is 7.91. The number of ether oxygens (including phenoxy) is 1. The smallest absolute Gasteiger partial charge is 0.359 e. The lowest BCUT2D eigenvalue weighted by Crippen LogP contribution is -2.37. The van der Waals surface area contributed by atoms with Crippen molar-refractivity contribution in [3.8, 4) is 0 Å². The van der Waals surface area contributed by atoms with Crippen molar-refractivity contribution >= 4 is 58.1 Å². The summed E-state index contributed by atoms with van der Waals surface area (Å²) in [5.41, 5.74) is 5.93. The number of hydrogen-bond acceptors (Lipinski definition) is 5. The zero-order chi connectivity index (χ0) is 18.7. The van der Waals surface area contributed by atoms with Gasteiger partial charge in [-0.05, 0) is 19.1 Å². The van der Waals surface area contributed by atoms with Gasteiger partial charge in [-0.25, -0.2) is 9.78 Å². The molecule has 2 N–H and O–H groups in total. The minimum atomic E-state index is -1.08. The SMILES string of the molecule is C[C@H](OC(=O)c1nc(Cl)c(Cl)c(N)c1Cl)C(=O)N(C)c1ccccc1. The van der Waals surface area contributed by atoms with Crippen LogP contribution in [0.15, 0.2) is 30.3 Å². The second-order valence-electron chi connectivity index (χ2n) is 5.07. The largest absolute Gasteiger partial charge is 0.448 e. The van der Waals surface area contributed by atoms with E-state index in [0.717, 1.165) is 0 Å². The van der Waals surface area contributed by atoms with Crippen LogP contribution in [-0.2, 0) is 9.53 Å². The summed E-state index contributed by atoms with van der Waals surface area (Å²) < 4.78 is 5.14. The summed E-state index contributed by atoms with van der Waals surface area (Å²) in [6.07, 6.45) is -1.08. The first-order chi connectivity index (χ1) is 11.7. The van der Waals surface area contributed by atoms with Crippen molar-refractivity contribution in [1.29, 1.82) is 0 Å². The molecule has 6 nitrogen and oxygen atoms in total. The molecule has 1 heterocycles. The summed E-state index contributed by atoms with van der Waals surface area (Å²) in [7, 11) is 1.57. The third-order valence-electron chi connectivity index (χ3n) is 3.37. The summed E-state index contributed by atoms with van der Waals surface area (Å²) in [6.45, 7) is 1.44. The van der Waals surface area contributed by atoms with E-state index in [1.165, 1.54) is 11.8 Å². The lowest BCUT2D eigenvalue weighted by molar-refractivity contribution is -0.126. The van der Waals surface area contributed by atoms with Gasteiger partial charge in [-0.15, -0.1) is 0 Å². The maximum atomic E-state index is 12.4. The molecule has 0 fully saturated rings. The number of likely N-dealkylation sites (N-methyl/N-ethyl adjacent to an activating group) is 1. The van der Waals surface area contributed by atoms with Crippen LogP contribution in [0.2, 0.25) is 15.2 Å². The number of anilines is 2. The second-order valence-corrected chi connectivity index (χ2v) is 6.19. The van der Waals surface area contributed by atoms with Crippen LogP contribution in [0.5, 0.6) is 0 Å². The van der Waals surface area contributed by atoms with Crippen LogP contribution in [0.25, 0.3) is 0 Å². The van der Waals surface area contributed by atoms with Crippen molar-refractivity contribution in [2.24, 2.45) is 0 Å². The van der Waals surface area contributed by atoms with Crippen LogP contribution < -0.4 is 10.6 Å². The fourth-order valence-corrected chi connectivity index (χ4v) is 2.57. The van der Waals surface area contributed by atoms with Crippen molar-refractivity contribution in [3.63, 3.8) is 0 Å². The molecule has 1 atom stereocenters. The first-order valence-electron chi connectivity index (χ1n) is 7.07. The fraction of sp³-hybridized carbons (Fsp3) is 0.188. The average molecular weight is 403 g/mol. The van der Waals surface area contributed by atoms with Gasteiger partial charge in [-0.3, -0.25) is 4.79 Å². The Morgan fingerprint density at radius 3 is 2.36 bits per heavy atom. The van der Waals surface area contributed by atoms with Gasteiger partial charge >= 0.3 is 5.97 Å². The van der Waals surface area contributed by atoms with Crippen molar-refractivity contribution < 1.29 is 14.3 Å². The van der Waals surface area contributed by atoms with Crippen LogP contribution >= 0.6 is 34.8 Å². The number of carbonyl (C=O) groups is 2. The van der Waals surface area contributed by atoms with Gasteiger partial charge in [0.2, 0.25) is 0 Å². The number of pyridine rings is 1. The first kappa shape index (κ1) is 19.3. The first-order valence-corrected chi connectivity index (χ1v) is 8.21. The fourth-order valence-electron chi connectivity index (χ4n) is 1.98. The minimum absolute atomic E-state index is 0.0591. The summed E-state index contributed by atoms with van der Waals surface area (Å²) in [6, 6.07) is 8.92. The van der Waals surface area contributed by atoms with Gasteiger partial charge in [0.1, 0.15) is 5.02 Å². The van der Waals surface area contributed by atoms with Crippen LogP contribution in [0.1, 0.15) is 17.4 Å². The molecule has 0 radical (unpaired) electrons. The summed E-state index contributed by atoms with van der Waals surface area (Å²) in [5.74, 6) is -1.36. The number of carbonyl (C=O) groups excluding carboxylic acids is 2. The third-order valence-corrected chi connectivity index (χ3v) is 4.51. The molecule has 9 heteroatoms. The highest BCUT2D eigenvalue weighted by Crippen LogP contribution is 2.34. The standard InChI is InChI=1S/C16H14Cl3N3O3/c1-8(15(23)22(2)9-6-4-3-5-7-9)25-16(24)13-10(17)12(20)11(18)14(19)21-13/h3-8H,1-2H3,(H2,20,21)/t8-/m0/s1. The van der Waals surface area contributed by atoms with Gasteiger partial charge < -0.3 is 15.4 Å². The van der Waals surface area contributed by atoms with Crippen LogP contribution in [0.4, 0.5) is 11.4 Å². The number of esters is 1. The average Bonchev–Trinajstić information content (AvgIpc) is 2.62. The minimum Gasteiger partial charge on any atom is -0.448 e. The molecule has 2 rings (SSSR count). The number of rotatable bonds is 4. The Bertz CT molecular complexity index is 815. The molecule has 0 spiro atoms. The van der Waals surface area contributed by atoms with Gasteiger partial charge in [0.05, 0.1) is 10.7 Å². The highest BCUT2D eigenvalue weighted by molar-refractivity contribution is 6.46. The number of para-hydroxylation sites is 1. The number of nitrogens with zero attached hydrogens (tertiary/aromatic N) is 2. The van der Waals surface area contributed by atoms with Gasteiger partial charge in [0, 0.05) is 12.7 Å². The van der Waals surface area contributed by atoms with Gasteiger partial charge in [-0.1, -0.05) is 53.0 Å².